The van der Waals surface area contributed by atoms with E-state index in [0.717, 1.165) is 0 Å². The number of hydrogen-bond acceptors (Lipinski definition) is 4. The van der Waals surface area contributed by atoms with Gasteiger partial charge in [0.15, 0.2) is 0 Å². The molecule has 0 atom stereocenters. The Morgan fingerprint density at radius 2 is 2.50 bits per heavy atom. The van der Waals surface area contributed by atoms with Gasteiger partial charge >= 0.3 is 5.97 Å². The van der Waals surface area contributed by atoms with Gasteiger partial charge in [-0.1, -0.05) is 5.22 Å². The van der Waals surface area contributed by atoms with E-state index in [1.54, 1.807) is 6.92 Å². The molecule has 0 fully saturated rings. The normalized spacial score (nSPS) is 9.70. The van der Waals surface area contributed by atoms with Crippen molar-refractivity contribution in [2.45, 2.75) is 6.92 Å². The van der Waals surface area contributed by atoms with Gasteiger partial charge in [-0.3, -0.25) is 5.41 Å². The Morgan fingerprint density at radius 3 is 2.90 bits per heavy atom. The zero-order valence-corrected chi connectivity index (χ0v) is 5.50. The van der Waals surface area contributed by atoms with Crippen LogP contribution < -0.4 is 5.84 Å². The van der Waals surface area contributed by atoms with Crippen LogP contribution in [0, 0.1) is 5.41 Å². The number of nitrogens with one attached hydrogen (secondary N) is 1. The molecule has 0 aromatic heterocycles. The molecule has 0 unspecified atom stereocenters. The highest BCUT2D eigenvalue weighted by Gasteiger charge is 2.07. The molecule has 0 saturated heterocycles. The molecular weight excluding hydrogens is 136 g/mol. The fourth-order valence-corrected chi connectivity index (χ4v) is 0.298. The highest BCUT2D eigenvalue weighted by molar-refractivity contribution is 6.34. The largest absolute Gasteiger partial charge is 0.460 e. The highest BCUT2D eigenvalue weighted by atomic mass is 16.5. The number of carbonyl (C=O) groups excluding carboxylic acids is 1. The van der Waals surface area contributed by atoms with Gasteiger partial charge in [-0.25, -0.2) is 4.79 Å². The van der Waals surface area contributed by atoms with Crippen LogP contribution in [-0.2, 0) is 9.53 Å². The molecule has 10 heavy (non-hydrogen) atoms. The van der Waals surface area contributed by atoms with Crippen molar-refractivity contribution in [1.82, 2.24) is 0 Å². The second-order valence-corrected chi connectivity index (χ2v) is 1.28. The van der Waals surface area contributed by atoms with Crippen molar-refractivity contribution < 1.29 is 11.0 Å². The second-order valence-electron chi connectivity index (χ2n) is 1.28. The first kappa shape index (κ1) is 8.54. The number of amidine groups is 1. The predicted molar refractivity (Wildman–Crippen MR) is 35.5 cm³/mol. The molecule has 0 aliphatic carbocycles. The lowest BCUT2D eigenvalue weighted by molar-refractivity contribution is -0.135. The van der Waals surface area contributed by atoms with Crippen molar-refractivity contribution in [2.24, 2.45) is 16.2 Å². The Hall–Kier alpha value is -1.46. The second kappa shape index (κ2) is 4.42. The Balaban J connectivity index is 0. The zero-order valence-electron chi connectivity index (χ0n) is 5.50. The number of ether oxygens (including phenoxy) is 1. The maximum atomic E-state index is 10.5. The Bertz CT molecular complexity index is 169. The maximum Gasteiger partial charge on any atom is 0.377 e. The minimum atomic E-state index is -0.822. The predicted octanol–water partition coefficient (Wildman–Crippen LogP) is 0.0987. The summed E-state index contributed by atoms with van der Waals surface area (Å²) < 4.78 is 4.38. The van der Waals surface area contributed by atoms with E-state index >= 15 is 0 Å². The van der Waals surface area contributed by atoms with Gasteiger partial charge in [-0.2, -0.15) is 0 Å². The van der Waals surface area contributed by atoms with Crippen LogP contribution in [0.5, 0.6) is 0 Å². The number of nitrogens with two attached hydrogens (primary N) is 1. The number of esters is 1. The lowest BCUT2D eigenvalue weighted by Gasteiger charge is -1.95. The van der Waals surface area contributed by atoms with Gasteiger partial charge in [0.2, 0.25) is 0 Å². The number of rotatable bonds is 1. The van der Waals surface area contributed by atoms with E-state index < -0.39 is 11.8 Å². The Kier molecular flexibility index (Phi) is 3.78. The van der Waals surface area contributed by atoms with Gasteiger partial charge in [0, 0.05) is 1.43 Å². The molecule has 3 N–H and O–H groups in total. The average molecular weight is 146 g/mol. The van der Waals surface area contributed by atoms with Gasteiger partial charge < -0.3 is 10.6 Å². The summed E-state index contributed by atoms with van der Waals surface area (Å²) >= 11 is 0. The monoisotopic (exact) mass is 146 g/mol. The third-order valence-electron chi connectivity index (χ3n) is 0.627. The van der Waals surface area contributed by atoms with Crippen molar-refractivity contribution in [2.75, 3.05) is 6.61 Å². The molecule has 0 aromatic carbocycles. The van der Waals surface area contributed by atoms with Gasteiger partial charge in [-0.05, 0) is 6.92 Å². The van der Waals surface area contributed by atoms with Crippen LogP contribution in [0.15, 0.2) is 10.3 Å². The third-order valence-corrected chi connectivity index (χ3v) is 0.627. The third kappa shape index (κ3) is 2.75. The molecule has 0 amide bonds. The Labute approximate surface area is 59.0 Å². The van der Waals surface area contributed by atoms with Crippen LogP contribution in [0.3, 0.4) is 0 Å². The zero-order chi connectivity index (χ0) is 7.98. The van der Waals surface area contributed by atoms with Crippen molar-refractivity contribution in [3.05, 3.63) is 0 Å². The molecule has 6 nitrogen and oxygen atoms in total. The van der Waals surface area contributed by atoms with Crippen LogP contribution in [0.2, 0.25) is 0 Å². The van der Waals surface area contributed by atoms with E-state index in [2.05, 4.69) is 20.9 Å². The van der Waals surface area contributed by atoms with E-state index in [4.69, 9.17) is 5.41 Å². The van der Waals surface area contributed by atoms with Crippen molar-refractivity contribution in [1.29, 1.82) is 5.41 Å². The van der Waals surface area contributed by atoms with Crippen LogP contribution >= 0.6 is 0 Å². The molecule has 0 aliphatic heterocycles. The topological polar surface area (TPSA) is 101 Å². The fraction of sp³-hybridized carbons (Fsp3) is 0.500. The quantitative estimate of drug-likeness (QED) is 0.137. The van der Waals surface area contributed by atoms with Crippen LogP contribution in [-0.4, -0.2) is 18.4 Å². The number of nitrogens with zero attached hydrogens (tertiary/aromatic N) is 2. The first-order valence-corrected chi connectivity index (χ1v) is 2.59. The summed E-state index contributed by atoms with van der Waals surface area (Å²) in [6.45, 7) is 1.84. The first-order valence-electron chi connectivity index (χ1n) is 2.59. The first-order chi connectivity index (χ1) is 4.72. The van der Waals surface area contributed by atoms with E-state index in [-0.39, 0.29) is 8.03 Å². The van der Waals surface area contributed by atoms with E-state index in [9.17, 15) is 4.79 Å². The minimum Gasteiger partial charge on any atom is -0.460 e. The summed E-state index contributed by atoms with van der Waals surface area (Å²) in [5.74, 6) is 3.16. The lowest BCUT2D eigenvalue weighted by atomic mass is 10.6. The Morgan fingerprint density at radius 1 is 1.90 bits per heavy atom. The summed E-state index contributed by atoms with van der Waals surface area (Å²) in [6.07, 6.45) is 0. The van der Waals surface area contributed by atoms with Gasteiger partial charge in [0.1, 0.15) is 0 Å². The average Bonchev–Trinajstić information content (AvgIpc) is 1.89. The van der Waals surface area contributed by atoms with E-state index in [1.165, 1.54) is 0 Å². The van der Waals surface area contributed by atoms with Crippen LogP contribution in [0.25, 0.3) is 0 Å². The summed E-state index contributed by atoms with van der Waals surface area (Å²) in [7, 11) is 0. The fourth-order valence-electron chi connectivity index (χ4n) is 0.298. The number of hydrogen-bond donors (Lipinski definition) is 2. The minimum absolute atomic E-state index is 0. The molecule has 0 aliphatic rings. The summed E-state index contributed by atoms with van der Waals surface area (Å²) in [5, 5.41) is 12.5. The molecule has 0 rings (SSSR count). The van der Waals surface area contributed by atoms with E-state index in [0.29, 0.717) is 0 Å². The smallest absolute Gasteiger partial charge is 0.377 e. The van der Waals surface area contributed by atoms with Crippen molar-refractivity contribution >= 4 is 11.8 Å². The molecule has 0 heterocycles. The van der Waals surface area contributed by atoms with Crippen molar-refractivity contribution in [3.8, 4) is 0 Å². The molecule has 0 saturated carbocycles. The summed E-state index contributed by atoms with van der Waals surface area (Å²) in [6, 6.07) is 0. The maximum absolute atomic E-state index is 10.5. The van der Waals surface area contributed by atoms with Crippen molar-refractivity contribution in [3.63, 3.8) is 0 Å². The molecule has 58 valence electrons. The summed E-state index contributed by atoms with van der Waals surface area (Å²) in [4.78, 5) is 10.5. The molecule has 0 aromatic rings. The van der Waals surface area contributed by atoms with E-state index in [1.807, 2.05) is 0 Å². The standard InChI is InChI=1S/C4H8N4O2.H2/c1-2-10-4(9)3(5)7-8-6;/h2H2,1H3,(H3,5,6,7);1H. The molecule has 0 bridgehead atoms. The highest BCUT2D eigenvalue weighted by Crippen LogP contribution is 1.82. The molecule has 6 heteroatoms. The molecular formula is C4H10N4O2. The number of carbonyl (C=O) groups is 1. The molecule has 0 spiro atoms. The van der Waals surface area contributed by atoms with Gasteiger partial charge in [0.25, 0.3) is 5.84 Å². The molecule has 0 radical (unpaired) electrons. The van der Waals surface area contributed by atoms with Crippen LogP contribution in [0.4, 0.5) is 0 Å². The van der Waals surface area contributed by atoms with Gasteiger partial charge in [0.05, 0.1) is 6.61 Å². The van der Waals surface area contributed by atoms with Gasteiger partial charge in [-0.15, -0.1) is 5.11 Å². The van der Waals surface area contributed by atoms with Crippen LogP contribution in [0.1, 0.15) is 8.35 Å². The lowest BCUT2D eigenvalue weighted by Crippen LogP contribution is -2.13. The summed E-state index contributed by atoms with van der Waals surface area (Å²) in [5.41, 5.74) is 0. The SMILES string of the molecule is CCOC(=O)C(=N)N=NN.[HH].